The van der Waals surface area contributed by atoms with Crippen molar-refractivity contribution >= 4 is 17.6 Å². The molecule has 2 heterocycles. The van der Waals surface area contributed by atoms with Gasteiger partial charge in [-0.05, 0) is 38.3 Å². The summed E-state index contributed by atoms with van der Waals surface area (Å²) < 4.78 is 0.323. The zero-order valence-electron chi connectivity index (χ0n) is 12.2. The van der Waals surface area contributed by atoms with E-state index in [9.17, 15) is 0 Å². The van der Waals surface area contributed by atoms with Crippen LogP contribution in [0.1, 0.15) is 32.8 Å². The maximum Gasteiger partial charge on any atom is 0.128 e. The number of nitrogens with zero attached hydrogens (tertiary/aromatic N) is 2. The highest BCUT2D eigenvalue weighted by Crippen LogP contribution is 2.31. The van der Waals surface area contributed by atoms with Gasteiger partial charge in [0.05, 0.1) is 0 Å². The van der Waals surface area contributed by atoms with E-state index in [-0.39, 0.29) is 6.04 Å². The number of anilines is 1. The number of hydrogen-bond acceptors (Lipinski definition) is 4. The Balaban J connectivity index is 2.02. The van der Waals surface area contributed by atoms with Gasteiger partial charge in [0, 0.05) is 35.8 Å². The smallest absolute Gasteiger partial charge is 0.128 e. The van der Waals surface area contributed by atoms with E-state index in [1.807, 2.05) is 18.0 Å². The number of hydrogen-bond donors (Lipinski definition) is 1. The van der Waals surface area contributed by atoms with Crippen LogP contribution in [0, 0.1) is 0 Å². The summed E-state index contributed by atoms with van der Waals surface area (Å²) in [6, 6.07) is 4.56. The molecule has 0 saturated carbocycles. The van der Waals surface area contributed by atoms with Crippen LogP contribution in [0.5, 0.6) is 0 Å². The Morgan fingerprint density at radius 1 is 1.47 bits per heavy atom. The van der Waals surface area contributed by atoms with Crippen LogP contribution in [0.4, 0.5) is 5.82 Å². The lowest BCUT2D eigenvalue weighted by atomic mass is 10.1. The molecule has 1 aliphatic rings. The number of nitrogens with two attached hydrogens (primary N) is 1. The zero-order chi connectivity index (χ0) is 13.9. The van der Waals surface area contributed by atoms with Crippen molar-refractivity contribution in [1.29, 1.82) is 0 Å². The summed E-state index contributed by atoms with van der Waals surface area (Å²) in [5.41, 5.74) is 7.22. The van der Waals surface area contributed by atoms with Gasteiger partial charge >= 0.3 is 0 Å². The van der Waals surface area contributed by atoms with Gasteiger partial charge in [-0.15, -0.1) is 0 Å². The van der Waals surface area contributed by atoms with Crippen molar-refractivity contribution in [3.8, 4) is 0 Å². The minimum Gasteiger partial charge on any atom is -0.354 e. The fourth-order valence-corrected chi connectivity index (χ4v) is 3.49. The predicted octanol–water partition coefficient (Wildman–Crippen LogP) is 2.69. The Bertz CT molecular complexity index is 402. The Labute approximate surface area is 121 Å². The van der Waals surface area contributed by atoms with Gasteiger partial charge in [0.15, 0.2) is 0 Å². The van der Waals surface area contributed by atoms with Crippen LogP contribution < -0.4 is 10.6 Å². The standard InChI is InChI=1S/C15H25N3S/c1-4-13(16)9-12-5-6-14(17-10-12)18-7-8-19-15(2,3)11-18/h5-6,10,13H,4,7-9,11,16H2,1-3H3. The number of pyridine rings is 1. The summed E-state index contributed by atoms with van der Waals surface area (Å²) in [4.78, 5) is 7.01. The molecule has 1 unspecified atom stereocenters. The molecule has 1 fully saturated rings. The van der Waals surface area contributed by atoms with Crippen molar-refractivity contribution in [3.63, 3.8) is 0 Å². The molecule has 1 aliphatic heterocycles. The predicted molar refractivity (Wildman–Crippen MR) is 85.0 cm³/mol. The molecule has 0 bridgehead atoms. The van der Waals surface area contributed by atoms with Gasteiger partial charge in [-0.1, -0.05) is 13.0 Å². The summed E-state index contributed by atoms with van der Waals surface area (Å²) in [7, 11) is 0. The lowest BCUT2D eigenvalue weighted by molar-refractivity contribution is 0.637. The van der Waals surface area contributed by atoms with Crippen molar-refractivity contribution in [2.45, 2.75) is 44.4 Å². The molecule has 1 atom stereocenters. The maximum atomic E-state index is 5.98. The largest absolute Gasteiger partial charge is 0.354 e. The van der Waals surface area contributed by atoms with E-state index >= 15 is 0 Å². The summed E-state index contributed by atoms with van der Waals surface area (Å²) in [6.07, 6.45) is 3.92. The van der Waals surface area contributed by atoms with Gasteiger partial charge in [0.2, 0.25) is 0 Å². The maximum absolute atomic E-state index is 5.98. The molecule has 0 radical (unpaired) electrons. The van der Waals surface area contributed by atoms with E-state index < -0.39 is 0 Å². The Morgan fingerprint density at radius 3 is 2.84 bits per heavy atom. The average molecular weight is 279 g/mol. The minimum absolute atomic E-state index is 0.248. The molecule has 106 valence electrons. The molecule has 0 spiro atoms. The van der Waals surface area contributed by atoms with E-state index in [4.69, 9.17) is 5.73 Å². The van der Waals surface area contributed by atoms with E-state index in [0.29, 0.717) is 4.75 Å². The fraction of sp³-hybridized carbons (Fsp3) is 0.667. The zero-order valence-corrected chi connectivity index (χ0v) is 13.0. The van der Waals surface area contributed by atoms with Crippen LogP contribution >= 0.6 is 11.8 Å². The van der Waals surface area contributed by atoms with Crippen LogP contribution in [0.2, 0.25) is 0 Å². The Hall–Kier alpha value is -0.740. The normalized spacial score (nSPS) is 20.3. The highest BCUT2D eigenvalue weighted by molar-refractivity contribution is 8.00. The summed E-state index contributed by atoms with van der Waals surface area (Å²) in [6.45, 7) is 8.89. The van der Waals surface area contributed by atoms with Gasteiger partial charge < -0.3 is 10.6 Å². The number of rotatable bonds is 4. The van der Waals surface area contributed by atoms with E-state index in [1.165, 1.54) is 11.3 Å². The van der Waals surface area contributed by atoms with Crippen LogP contribution in [-0.4, -0.2) is 34.6 Å². The molecule has 4 heteroatoms. The SMILES string of the molecule is CCC(N)Cc1ccc(N2CCSC(C)(C)C2)nc1. The molecule has 3 nitrogen and oxygen atoms in total. The van der Waals surface area contributed by atoms with Crippen molar-refractivity contribution in [3.05, 3.63) is 23.9 Å². The topological polar surface area (TPSA) is 42.1 Å². The first-order valence-electron chi connectivity index (χ1n) is 7.09. The summed E-state index contributed by atoms with van der Waals surface area (Å²) >= 11 is 2.05. The minimum atomic E-state index is 0.248. The van der Waals surface area contributed by atoms with E-state index in [0.717, 1.165) is 31.7 Å². The molecule has 1 saturated heterocycles. The van der Waals surface area contributed by atoms with Crippen molar-refractivity contribution < 1.29 is 0 Å². The summed E-state index contributed by atoms with van der Waals surface area (Å²) in [5.74, 6) is 2.28. The van der Waals surface area contributed by atoms with Gasteiger partial charge in [0.25, 0.3) is 0 Å². The first-order chi connectivity index (χ1) is 9.00. The Morgan fingerprint density at radius 2 is 2.26 bits per heavy atom. The molecule has 2 N–H and O–H groups in total. The highest BCUT2D eigenvalue weighted by Gasteiger charge is 2.27. The quantitative estimate of drug-likeness (QED) is 0.920. The second-order valence-electron chi connectivity index (χ2n) is 5.93. The molecule has 19 heavy (non-hydrogen) atoms. The molecular formula is C15H25N3S. The van der Waals surface area contributed by atoms with Gasteiger partial charge in [-0.3, -0.25) is 0 Å². The molecular weight excluding hydrogens is 254 g/mol. The number of thioether (sulfide) groups is 1. The van der Waals surface area contributed by atoms with Crippen LogP contribution in [0.15, 0.2) is 18.3 Å². The van der Waals surface area contributed by atoms with Crippen LogP contribution in [0.25, 0.3) is 0 Å². The molecule has 0 amide bonds. The molecule has 2 rings (SSSR count). The monoisotopic (exact) mass is 279 g/mol. The second-order valence-corrected chi connectivity index (χ2v) is 7.73. The lowest BCUT2D eigenvalue weighted by Gasteiger charge is -2.38. The van der Waals surface area contributed by atoms with Crippen LogP contribution in [0.3, 0.4) is 0 Å². The van der Waals surface area contributed by atoms with Gasteiger partial charge in [0.1, 0.15) is 5.82 Å². The average Bonchev–Trinajstić information content (AvgIpc) is 2.38. The third-order valence-corrected chi connectivity index (χ3v) is 4.88. The lowest BCUT2D eigenvalue weighted by Crippen LogP contribution is -2.43. The van der Waals surface area contributed by atoms with Crippen molar-refractivity contribution in [2.24, 2.45) is 5.73 Å². The van der Waals surface area contributed by atoms with Crippen molar-refractivity contribution in [2.75, 3.05) is 23.7 Å². The first-order valence-corrected chi connectivity index (χ1v) is 8.08. The van der Waals surface area contributed by atoms with Crippen molar-refractivity contribution in [1.82, 2.24) is 4.98 Å². The summed E-state index contributed by atoms with van der Waals surface area (Å²) in [5, 5.41) is 0. The van der Waals surface area contributed by atoms with Crippen LogP contribution in [-0.2, 0) is 6.42 Å². The fourth-order valence-electron chi connectivity index (χ4n) is 2.38. The second kappa shape index (κ2) is 6.14. The third kappa shape index (κ3) is 4.11. The molecule has 1 aromatic heterocycles. The van der Waals surface area contributed by atoms with Gasteiger partial charge in [-0.25, -0.2) is 4.98 Å². The molecule has 1 aromatic rings. The highest BCUT2D eigenvalue weighted by atomic mass is 32.2. The molecule has 0 aliphatic carbocycles. The number of aromatic nitrogens is 1. The van der Waals surface area contributed by atoms with E-state index in [1.54, 1.807) is 0 Å². The van der Waals surface area contributed by atoms with Gasteiger partial charge in [-0.2, -0.15) is 11.8 Å². The third-order valence-electron chi connectivity index (χ3n) is 3.58. The Kier molecular flexibility index (Phi) is 4.74. The first kappa shape index (κ1) is 14.7. The van der Waals surface area contributed by atoms with E-state index in [2.05, 4.69) is 42.8 Å². The molecule has 0 aromatic carbocycles.